The summed E-state index contributed by atoms with van der Waals surface area (Å²) in [5.74, 6) is 0.422. The van der Waals surface area contributed by atoms with Crippen LogP contribution in [0.4, 0.5) is 0 Å². The van der Waals surface area contributed by atoms with E-state index in [1.165, 1.54) is 11.1 Å². The van der Waals surface area contributed by atoms with Gasteiger partial charge >= 0.3 is 0 Å². The van der Waals surface area contributed by atoms with Crippen LogP contribution in [0.15, 0.2) is 28.8 Å². The van der Waals surface area contributed by atoms with Gasteiger partial charge in [0.2, 0.25) is 5.96 Å². The maximum absolute atomic E-state index is 5.79. The number of nitrogens with two attached hydrogens (primary N) is 1. The predicted octanol–water partition coefficient (Wildman–Crippen LogP) is 2.60. The minimum absolute atomic E-state index is 0.322. The zero-order valence-electron chi connectivity index (χ0n) is 9.36. The van der Waals surface area contributed by atoms with E-state index in [0.717, 1.165) is 19.4 Å². The second-order valence-corrected chi connectivity index (χ2v) is 4.38. The van der Waals surface area contributed by atoms with E-state index in [4.69, 9.17) is 17.5 Å². The van der Waals surface area contributed by atoms with Gasteiger partial charge in [-0.15, -0.1) is 4.51 Å². The van der Waals surface area contributed by atoms with E-state index in [1.807, 2.05) is 0 Å². The van der Waals surface area contributed by atoms with Crippen molar-refractivity contribution in [3.63, 3.8) is 0 Å². The molecule has 1 aromatic rings. The maximum Gasteiger partial charge on any atom is 0.209 e. The standard InChI is InChI=1S/C12H16ClN3/c1-9-4-2-5-10(8-9)11-6-3-7-16(11)12(14)15-13/h2,4-5,8,11H,3,6-7H2,1H3,(H2,14,15). The van der Waals surface area contributed by atoms with Crippen molar-refractivity contribution in [3.8, 4) is 0 Å². The third kappa shape index (κ3) is 2.14. The van der Waals surface area contributed by atoms with E-state index >= 15 is 0 Å². The fourth-order valence-electron chi connectivity index (χ4n) is 2.31. The van der Waals surface area contributed by atoms with Crippen molar-refractivity contribution in [2.24, 2.45) is 10.2 Å². The first-order valence-electron chi connectivity index (χ1n) is 5.50. The second kappa shape index (κ2) is 4.74. The summed E-state index contributed by atoms with van der Waals surface area (Å²) in [7, 11) is 0. The van der Waals surface area contributed by atoms with Crippen molar-refractivity contribution in [3.05, 3.63) is 35.4 Å². The van der Waals surface area contributed by atoms with Crippen LogP contribution in [0.2, 0.25) is 0 Å². The molecular formula is C12H16ClN3. The predicted molar refractivity (Wildman–Crippen MR) is 67.3 cm³/mol. The Kier molecular flexibility index (Phi) is 3.34. The number of guanidine groups is 1. The van der Waals surface area contributed by atoms with Crippen molar-refractivity contribution in [2.75, 3.05) is 6.54 Å². The normalized spacial score (nSPS) is 21.5. The van der Waals surface area contributed by atoms with Gasteiger partial charge in [-0.25, -0.2) is 0 Å². The van der Waals surface area contributed by atoms with Crippen LogP contribution in [0.3, 0.4) is 0 Å². The van der Waals surface area contributed by atoms with Crippen LogP contribution >= 0.6 is 11.8 Å². The van der Waals surface area contributed by atoms with Crippen molar-refractivity contribution in [1.82, 2.24) is 4.90 Å². The molecule has 1 saturated heterocycles. The van der Waals surface area contributed by atoms with Gasteiger partial charge in [-0.1, -0.05) is 29.8 Å². The lowest BCUT2D eigenvalue weighted by molar-refractivity contribution is 0.397. The number of likely N-dealkylation sites (tertiary alicyclic amines) is 1. The lowest BCUT2D eigenvalue weighted by Gasteiger charge is -2.25. The number of benzene rings is 1. The molecule has 1 aromatic carbocycles. The maximum atomic E-state index is 5.79. The van der Waals surface area contributed by atoms with Crippen LogP contribution in [-0.4, -0.2) is 17.4 Å². The molecule has 0 radical (unpaired) electrons. The highest BCUT2D eigenvalue weighted by Gasteiger charge is 2.27. The summed E-state index contributed by atoms with van der Waals surface area (Å²) in [6, 6.07) is 8.83. The Bertz CT molecular complexity index is 403. The highest BCUT2D eigenvalue weighted by Crippen LogP contribution is 2.31. The summed E-state index contributed by atoms with van der Waals surface area (Å²) >= 11 is 5.44. The quantitative estimate of drug-likeness (QED) is 0.603. The summed E-state index contributed by atoms with van der Waals surface area (Å²) in [6.07, 6.45) is 2.24. The summed E-state index contributed by atoms with van der Waals surface area (Å²) in [6.45, 7) is 3.03. The van der Waals surface area contributed by atoms with Crippen molar-refractivity contribution in [2.45, 2.75) is 25.8 Å². The topological polar surface area (TPSA) is 41.6 Å². The molecule has 0 aliphatic carbocycles. The van der Waals surface area contributed by atoms with Gasteiger partial charge in [-0.2, -0.15) is 0 Å². The Hall–Kier alpha value is -1.22. The first-order valence-corrected chi connectivity index (χ1v) is 5.84. The molecule has 1 fully saturated rings. The number of hydrogen-bond acceptors (Lipinski definition) is 1. The molecule has 1 heterocycles. The zero-order valence-corrected chi connectivity index (χ0v) is 10.1. The molecule has 0 bridgehead atoms. The number of halogens is 1. The van der Waals surface area contributed by atoms with Crippen LogP contribution in [0.25, 0.3) is 0 Å². The van der Waals surface area contributed by atoms with E-state index in [1.54, 1.807) is 0 Å². The summed E-state index contributed by atoms with van der Waals surface area (Å²) in [4.78, 5) is 2.07. The van der Waals surface area contributed by atoms with Gasteiger partial charge in [-0.3, -0.25) is 0 Å². The molecule has 0 amide bonds. The highest BCUT2D eigenvalue weighted by atomic mass is 35.5. The van der Waals surface area contributed by atoms with Gasteiger partial charge in [-0.05, 0) is 25.3 Å². The number of nitrogens with zero attached hydrogens (tertiary/aromatic N) is 2. The summed E-state index contributed by atoms with van der Waals surface area (Å²) in [5.41, 5.74) is 8.35. The molecule has 0 saturated carbocycles. The Balaban J connectivity index is 2.26. The third-order valence-corrected chi connectivity index (χ3v) is 3.23. The molecule has 1 atom stereocenters. The first kappa shape index (κ1) is 11.3. The first-order chi connectivity index (χ1) is 7.72. The van der Waals surface area contributed by atoms with E-state index in [9.17, 15) is 0 Å². The fraction of sp³-hybridized carbons (Fsp3) is 0.417. The van der Waals surface area contributed by atoms with Gasteiger partial charge in [0.25, 0.3) is 0 Å². The van der Waals surface area contributed by atoms with Crippen LogP contribution < -0.4 is 5.73 Å². The van der Waals surface area contributed by atoms with E-state index in [-0.39, 0.29) is 0 Å². The molecule has 0 aromatic heterocycles. The molecule has 4 heteroatoms. The Morgan fingerprint density at radius 2 is 2.38 bits per heavy atom. The molecule has 1 aliphatic rings. The van der Waals surface area contributed by atoms with Crippen molar-refractivity contribution >= 4 is 17.7 Å². The van der Waals surface area contributed by atoms with Crippen LogP contribution in [-0.2, 0) is 0 Å². The SMILES string of the molecule is Cc1cccc(C2CCCN2/C(N)=N\Cl)c1. The molecule has 3 nitrogen and oxygen atoms in total. The van der Waals surface area contributed by atoms with Gasteiger partial charge < -0.3 is 10.6 Å². The summed E-state index contributed by atoms with van der Waals surface area (Å²) in [5, 5.41) is 0. The van der Waals surface area contributed by atoms with Gasteiger partial charge in [0, 0.05) is 18.3 Å². The smallest absolute Gasteiger partial charge is 0.209 e. The molecule has 16 heavy (non-hydrogen) atoms. The van der Waals surface area contributed by atoms with Gasteiger partial charge in [0.1, 0.15) is 0 Å². The van der Waals surface area contributed by atoms with E-state index in [0.29, 0.717) is 12.0 Å². The lowest BCUT2D eigenvalue weighted by atomic mass is 10.0. The second-order valence-electron chi connectivity index (χ2n) is 4.21. The van der Waals surface area contributed by atoms with Crippen LogP contribution in [0.5, 0.6) is 0 Å². The molecule has 1 aliphatic heterocycles. The molecular weight excluding hydrogens is 222 g/mol. The highest BCUT2D eigenvalue weighted by molar-refractivity contribution is 6.19. The average Bonchev–Trinajstić information content (AvgIpc) is 2.77. The van der Waals surface area contributed by atoms with Crippen molar-refractivity contribution in [1.29, 1.82) is 0 Å². The van der Waals surface area contributed by atoms with Gasteiger partial charge in [0.15, 0.2) is 0 Å². The Morgan fingerprint density at radius 1 is 1.56 bits per heavy atom. The van der Waals surface area contributed by atoms with E-state index in [2.05, 4.69) is 40.6 Å². The minimum Gasteiger partial charge on any atom is -0.369 e. The minimum atomic E-state index is 0.322. The monoisotopic (exact) mass is 237 g/mol. The van der Waals surface area contributed by atoms with E-state index < -0.39 is 0 Å². The largest absolute Gasteiger partial charge is 0.369 e. The Labute approximate surface area is 101 Å². The third-order valence-electron chi connectivity index (χ3n) is 3.06. The van der Waals surface area contributed by atoms with Crippen molar-refractivity contribution < 1.29 is 0 Å². The fourth-order valence-corrected chi connectivity index (χ4v) is 2.41. The van der Waals surface area contributed by atoms with Crippen LogP contribution in [0, 0.1) is 6.92 Å². The van der Waals surface area contributed by atoms with Gasteiger partial charge in [0.05, 0.1) is 6.04 Å². The Morgan fingerprint density at radius 3 is 3.06 bits per heavy atom. The number of hydrogen-bond donors (Lipinski definition) is 1. The number of rotatable bonds is 1. The average molecular weight is 238 g/mol. The molecule has 0 spiro atoms. The molecule has 2 N–H and O–H groups in total. The zero-order chi connectivity index (χ0) is 11.5. The number of aryl methyl sites for hydroxylation is 1. The molecule has 86 valence electrons. The molecule has 2 rings (SSSR count). The molecule has 1 unspecified atom stereocenters. The summed E-state index contributed by atoms with van der Waals surface area (Å²) < 4.78 is 3.56. The van der Waals surface area contributed by atoms with Crippen LogP contribution in [0.1, 0.15) is 30.0 Å². The lowest BCUT2D eigenvalue weighted by Crippen LogP contribution is -2.36.